The Morgan fingerprint density at radius 3 is 2.53 bits per heavy atom. The van der Waals surface area contributed by atoms with Crippen LogP contribution in [0.15, 0.2) is 11.8 Å². The van der Waals surface area contributed by atoms with E-state index in [4.69, 9.17) is 9.63 Å². The van der Waals surface area contributed by atoms with Crippen molar-refractivity contribution in [3.05, 3.63) is 11.8 Å². The average Bonchev–Trinajstić information content (AvgIpc) is 2.11. The summed E-state index contributed by atoms with van der Waals surface area (Å²) < 4.78 is 5.29. The molecule has 15 heavy (non-hydrogen) atoms. The minimum absolute atomic E-state index is 0.0865. The number of allylic oxidation sites excluding steroid dienone is 1. The maximum atomic E-state index is 10.7. The van der Waals surface area contributed by atoms with E-state index in [0.29, 0.717) is 12.8 Å². The number of nitrogens with one attached hydrogen (secondary N) is 1. The molecule has 0 aromatic rings. The van der Waals surface area contributed by atoms with Gasteiger partial charge in [-0.05, 0) is 19.7 Å². The van der Waals surface area contributed by atoms with Crippen LogP contribution >= 0.6 is 8.15 Å². The number of carboxylic acids is 1. The van der Waals surface area contributed by atoms with Crippen LogP contribution < -0.4 is 5.32 Å². The van der Waals surface area contributed by atoms with Crippen LogP contribution in [0.25, 0.3) is 0 Å². The maximum Gasteiger partial charge on any atom is 0.352 e. The maximum absolute atomic E-state index is 10.7. The van der Waals surface area contributed by atoms with Crippen LogP contribution in [0.4, 0.5) is 0 Å². The van der Waals surface area contributed by atoms with Crippen molar-refractivity contribution < 1.29 is 19.2 Å². The van der Waals surface area contributed by atoms with Gasteiger partial charge in [0.15, 0.2) is 0 Å². The first kappa shape index (κ1) is 14.1. The third-order valence-electron chi connectivity index (χ3n) is 1.44. The Morgan fingerprint density at radius 1 is 1.53 bits per heavy atom. The molecule has 0 fully saturated rings. The number of aliphatic carboxylic acids is 1. The highest BCUT2D eigenvalue weighted by Crippen LogP contribution is 2.31. The molecule has 2 N–H and O–H groups in total. The first-order chi connectivity index (χ1) is 6.97. The Bertz CT molecular complexity index is 265. The van der Waals surface area contributed by atoms with Crippen molar-refractivity contribution in [2.24, 2.45) is 0 Å². The first-order valence-corrected chi connectivity index (χ1v) is 6.41. The predicted octanol–water partition coefficient (Wildman–Crippen LogP) is 1.15. The number of hydrogen-bond acceptors (Lipinski definition) is 3. The highest BCUT2D eigenvalue weighted by Gasteiger charge is 2.09. The molecule has 1 amide bonds. The third kappa shape index (κ3) is 7.05. The molecule has 0 aliphatic carbocycles. The van der Waals surface area contributed by atoms with Crippen LogP contribution in [0.2, 0.25) is 0 Å². The van der Waals surface area contributed by atoms with Crippen molar-refractivity contribution in [3.8, 4) is 0 Å². The number of hydrogen-bond donors (Lipinski definition) is 2. The van der Waals surface area contributed by atoms with Gasteiger partial charge in [0.1, 0.15) is 5.70 Å². The highest BCUT2D eigenvalue weighted by atomic mass is 31.1. The number of carbonyl (C=O) groups is 2. The fourth-order valence-electron chi connectivity index (χ4n) is 0.874. The van der Waals surface area contributed by atoms with Crippen LogP contribution in [0.1, 0.15) is 13.8 Å². The predicted molar refractivity (Wildman–Crippen MR) is 58.9 cm³/mol. The summed E-state index contributed by atoms with van der Waals surface area (Å²) in [4.78, 5) is 21.4. The molecule has 0 radical (unpaired) electrons. The summed E-state index contributed by atoms with van der Waals surface area (Å²) in [6, 6.07) is 0. The van der Waals surface area contributed by atoms with E-state index < -0.39 is 14.1 Å². The SMILES string of the molecule is CCOP(C)CC=C(NC(C)=O)C(=O)O. The van der Waals surface area contributed by atoms with Crippen molar-refractivity contribution in [2.45, 2.75) is 13.8 Å². The Morgan fingerprint density at radius 2 is 2.13 bits per heavy atom. The number of rotatable bonds is 6. The monoisotopic (exact) mass is 233 g/mol. The molecule has 0 heterocycles. The van der Waals surface area contributed by atoms with Crippen LogP contribution in [-0.2, 0) is 14.1 Å². The van der Waals surface area contributed by atoms with E-state index in [-0.39, 0.29) is 11.6 Å². The molecule has 0 saturated heterocycles. The number of amides is 1. The zero-order valence-electron chi connectivity index (χ0n) is 9.11. The summed E-state index contributed by atoms with van der Waals surface area (Å²) in [5.41, 5.74) is -0.0865. The van der Waals surface area contributed by atoms with E-state index in [1.54, 1.807) is 0 Å². The molecule has 0 aliphatic rings. The Balaban J connectivity index is 4.29. The van der Waals surface area contributed by atoms with Crippen molar-refractivity contribution in [2.75, 3.05) is 19.4 Å². The lowest BCUT2D eigenvalue weighted by atomic mass is 10.4. The van der Waals surface area contributed by atoms with Gasteiger partial charge in [0.25, 0.3) is 0 Å². The van der Waals surface area contributed by atoms with Crippen LogP contribution in [-0.4, -0.2) is 36.4 Å². The first-order valence-electron chi connectivity index (χ1n) is 4.52. The van der Waals surface area contributed by atoms with E-state index in [1.165, 1.54) is 13.0 Å². The average molecular weight is 233 g/mol. The van der Waals surface area contributed by atoms with E-state index >= 15 is 0 Å². The Labute approximate surface area is 90.3 Å². The lowest BCUT2D eigenvalue weighted by Crippen LogP contribution is -2.24. The van der Waals surface area contributed by atoms with Gasteiger partial charge in [-0.2, -0.15) is 0 Å². The highest BCUT2D eigenvalue weighted by molar-refractivity contribution is 7.51. The van der Waals surface area contributed by atoms with Gasteiger partial charge in [0.05, 0.1) is 0 Å². The molecular formula is C9H16NO4P. The number of carboxylic acid groups (broad SMARTS) is 1. The summed E-state index contributed by atoms with van der Waals surface area (Å²) in [6.07, 6.45) is 2.00. The van der Waals surface area contributed by atoms with E-state index in [9.17, 15) is 9.59 Å². The van der Waals surface area contributed by atoms with Crippen molar-refractivity contribution in [1.82, 2.24) is 5.32 Å². The van der Waals surface area contributed by atoms with Crippen molar-refractivity contribution in [1.29, 1.82) is 0 Å². The molecule has 0 aromatic carbocycles. The van der Waals surface area contributed by atoms with Gasteiger partial charge in [-0.1, -0.05) is 0 Å². The topological polar surface area (TPSA) is 75.6 Å². The van der Waals surface area contributed by atoms with Gasteiger partial charge in [-0.15, -0.1) is 0 Å². The fraction of sp³-hybridized carbons (Fsp3) is 0.556. The van der Waals surface area contributed by atoms with Crippen LogP contribution in [0.3, 0.4) is 0 Å². The van der Waals surface area contributed by atoms with Crippen LogP contribution in [0, 0.1) is 0 Å². The largest absolute Gasteiger partial charge is 0.477 e. The van der Waals surface area contributed by atoms with E-state index in [1.807, 2.05) is 13.6 Å². The molecule has 0 saturated carbocycles. The summed E-state index contributed by atoms with van der Waals surface area (Å²) in [7, 11) is -0.654. The molecule has 1 atom stereocenters. The second-order valence-electron chi connectivity index (χ2n) is 2.83. The van der Waals surface area contributed by atoms with Gasteiger partial charge in [-0.3, -0.25) is 4.79 Å². The molecule has 6 heteroatoms. The standard InChI is InChI=1S/C9H16NO4P/c1-4-14-15(3)6-5-8(9(12)13)10-7(2)11/h5H,4,6H2,1-3H3,(H,10,11)(H,12,13). The fourth-order valence-corrected chi connectivity index (χ4v) is 1.86. The van der Waals surface area contributed by atoms with Gasteiger partial charge in [0, 0.05) is 27.8 Å². The zero-order valence-corrected chi connectivity index (χ0v) is 10.0. The molecule has 0 aliphatic heterocycles. The molecule has 86 valence electrons. The second-order valence-corrected chi connectivity index (χ2v) is 4.71. The molecule has 0 spiro atoms. The van der Waals surface area contributed by atoms with Crippen molar-refractivity contribution >= 4 is 20.0 Å². The molecule has 0 rings (SSSR count). The van der Waals surface area contributed by atoms with E-state index in [2.05, 4.69) is 5.32 Å². The summed E-state index contributed by atoms with van der Waals surface area (Å²) in [6.45, 7) is 5.67. The van der Waals surface area contributed by atoms with Gasteiger partial charge in [0.2, 0.25) is 5.91 Å². The van der Waals surface area contributed by atoms with Crippen molar-refractivity contribution in [3.63, 3.8) is 0 Å². The van der Waals surface area contributed by atoms with Gasteiger partial charge in [-0.25, -0.2) is 4.79 Å². The third-order valence-corrected chi connectivity index (χ3v) is 2.84. The zero-order chi connectivity index (χ0) is 11.8. The normalized spacial score (nSPS) is 13.4. The lowest BCUT2D eigenvalue weighted by Gasteiger charge is -2.09. The molecule has 0 aromatic heterocycles. The number of carbonyl (C=O) groups excluding carboxylic acids is 1. The van der Waals surface area contributed by atoms with E-state index in [0.717, 1.165) is 0 Å². The minimum atomic E-state index is -1.13. The molecule has 0 bridgehead atoms. The Kier molecular flexibility index (Phi) is 6.92. The van der Waals surface area contributed by atoms with Gasteiger partial charge >= 0.3 is 5.97 Å². The molecule has 5 nitrogen and oxygen atoms in total. The summed E-state index contributed by atoms with van der Waals surface area (Å²) in [5, 5.41) is 11.0. The second kappa shape index (κ2) is 7.37. The Hall–Kier alpha value is -0.930. The smallest absolute Gasteiger partial charge is 0.352 e. The molecular weight excluding hydrogens is 217 g/mol. The summed E-state index contributed by atoms with van der Waals surface area (Å²) >= 11 is 0. The van der Waals surface area contributed by atoms with Gasteiger partial charge < -0.3 is 14.9 Å². The summed E-state index contributed by atoms with van der Waals surface area (Å²) in [5.74, 6) is -1.52. The molecule has 1 unspecified atom stereocenters. The minimum Gasteiger partial charge on any atom is -0.477 e. The van der Waals surface area contributed by atoms with Crippen LogP contribution in [0.5, 0.6) is 0 Å². The lowest BCUT2D eigenvalue weighted by molar-refractivity contribution is -0.134. The quantitative estimate of drug-likeness (QED) is 0.533.